The molecule has 0 aliphatic carbocycles. The van der Waals surface area contributed by atoms with Crippen molar-refractivity contribution in [3.8, 4) is 23.1 Å². The van der Waals surface area contributed by atoms with Crippen molar-refractivity contribution in [3.05, 3.63) is 36.5 Å². The Bertz CT molecular complexity index is 483. The van der Waals surface area contributed by atoms with Crippen LogP contribution in [0.3, 0.4) is 0 Å². The van der Waals surface area contributed by atoms with Gasteiger partial charge >= 0.3 is 0 Å². The maximum Gasteiger partial charge on any atom is 0.200 e. The highest BCUT2D eigenvalue weighted by molar-refractivity contribution is 5.43. The first kappa shape index (κ1) is 11.4. The first-order valence-electron chi connectivity index (χ1n) is 5.16. The summed E-state index contributed by atoms with van der Waals surface area (Å²) >= 11 is 0. The van der Waals surface area contributed by atoms with Crippen LogP contribution in [-0.2, 0) is 7.05 Å². The zero-order valence-corrected chi connectivity index (χ0v) is 10.1. The van der Waals surface area contributed by atoms with E-state index in [-0.39, 0.29) is 0 Å². The molecular weight excluding hydrogens is 218 g/mol. The standard InChI is InChI=1S/C13H14NO3/c1-14-6-4-5-13(14)17-12-8-10(15-2)7-11(9-12)16-3/h5-9H,1-3H3. The Hall–Kier alpha value is -2.10. The normalized spacial score (nSPS) is 10.1. The Labute approximate surface area is 100 Å². The molecule has 0 saturated heterocycles. The third-order valence-electron chi connectivity index (χ3n) is 2.37. The van der Waals surface area contributed by atoms with E-state index in [1.807, 2.05) is 11.6 Å². The van der Waals surface area contributed by atoms with Crippen molar-refractivity contribution in [1.82, 2.24) is 4.57 Å². The molecule has 0 bridgehead atoms. The number of methoxy groups -OCH3 is 2. The van der Waals surface area contributed by atoms with Gasteiger partial charge in [-0.1, -0.05) is 0 Å². The second kappa shape index (κ2) is 4.82. The summed E-state index contributed by atoms with van der Waals surface area (Å²) in [6, 6.07) is 10.1. The van der Waals surface area contributed by atoms with Gasteiger partial charge in [0.25, 0.3) is 0 Å². The van der Waals surface area contributed by atoms with Crippen molar-refractivity contribution in [3.63, 3.8) is 0 Å². The molecule has 0 N–H and O–H groups in total. The molecule has 2 aromatic rings. The molecule has 89 valence electrons. The SMILES string of the molecule is COc1cc(OC)cc(Oc2c[c]cn2C)c1. The van der Waals surface area contributed by atoms with E-state index in [4.69, 9.17) is 14.2 Å². The largest absolute Gasteiger partial charge is 0.496 e. The van der Waals surface area contributed by atoms with Gasteiger partial charge in [-0.25, -0.2) is 0 Å². The lowest BCUT2D eigenvalue weighted by Crippen LogP contribution is -1.93. The maximum absolute atomic E-state index is 5.71. The number of benzene rings is 1. The molecule has 1 aromatic heterocycles. The molecule has 2 rings (SSSR count). The number of rotatable bonds is 4. The van der Waals surface area contributed by atoms with Crippen LogP contribution in [0.4, 0.5) is 0 Å². The average Bonchev–Trinajstić information content (AvgIpc) is 2.74. The van der Waals surface area contributed by atoms with Crippen molar-refractivity contribution < 1.29 is 14.2 Å². The number of hydrogen-bond donors (Lipinski definition) is 0. The molecule has 4 heteroatoms. The summed E-state index contributed by atoms with van der Waals surface area (Å²) in [5.41, 5.74) is 0. The summed E-state index contributed by atoms with van der Waals surface area (Å²) in [6.45, 7) is 0. The van der Waals surface area contributed by atoms with E-state index in [1.54, 1.807) is 44.7 Å². The highest BCUT2D eigenvalue weighted by Crippen LogP contribution is 2.30. The Morgan fingerprint density at radius 2 is 1.59 bits per heavy atom. The lowest BCUT2D eigenvalue weighted by Gasteiger charge is -2.10. The first-order chi connectivity index (χ1) is 8.22. The number of aromatic nitrogens is 1. The van der Waals surface area contributed by atoms with E-state index in [9.17, 15) is 0 Å². The lowest BCUT2D eigenvalue weighted by molar-refractivity contribution is 0.383. The minimum absolute atomic E-state index is 0.663. The predicted molar refractivity (Wildman–Crippen MR) is 63.9 cm³/mol. The van der Waals surface area contributed by atoms with Crippen LogP contribution in [0, 0.1) is 6.07 Å². The van der Waals surface area contributed by atoms with Gasteiger partial charge < -0.3 is 18.8 Å². The van der Waals surface area contributed by atoms with Gasteiger partial charge in [-0.05, 0) is 0 Å². The van der Waals surface area contributed by atoms with Crippen LogP contribution in [0.15, 0.2) is 30.5 Å². The molecule has 0 saturated carbocycles. The molecule has 0 atom stereocenters. The van der Waals surface area contributed by atoms with Crippen LogP contribution in [0.5, 0.6) is 23.1 Å². The zero-order chi connectivity index (χ0) is 12.3. The lowest BCUT2D eigenvalue weighted by atomic mass is 10.3. The smallest absolute Gasteiger partial charge is 0.200 e. The van der Waals surface area contributed by atoms with Gasteiger partial charge in [0, 0.05) is 43.6 Å². The summed E-state index contributed by atoms with van der Waals surface area (Å²) in [5, 5.41) is 0. The number of hydrogen-bond acceptors (Lipinski definition) is 3. The number of aryl methyl sites for hydroxylation is 1. The van der Waals surface area contributed by atoms with Crippen molar-refractivity contribution >= 4 is 0 Å². The van der Waals surface area contributed by atoms with Gasteiger partial charge in [-0.15, -0.1) is 0 Å². The average molecular weight is 232 g/mol. The molecule has 0 aliphatic heterocycles. The zero-order valence-electron chi connectivity index (χ0n) is 10.1. The fourth-order valence-electron chi connectivity index (χ4n) is 1.45. The molecule has 4 nitrogen and oxygen atoms in total. The molecule has 1 radical (unpaired) electrons. The van der Waals surface area contributed by atoms with Crippen LogP contribution in [0.2, 0.25) is 0 Å². The van der Waals surface area contributed by atoms with Gasteiger partial charge in [-0.3, -0.25) is 0 Å². The molecule has 1 heterocycles. The number of nitrogens with zero attached hydrogens (tertiary/aromatic N) is 1. The van der Waals surface area contributed by atoms with E-state index < -0.39 is 0 Å². The first-order valence-corrected chi connectivity index (χ1v) is 5.16. The molecule has 0 aliphatic rings. The van der Waals surface area contributed by atoms with Crippen molar-refractivity contribution in [1.29, 1.82) is 0 Å². The fourth-order valence-corrected chi connectivity index (χ4v) is 1.45. The number of ether oxygens (including phenoxy) is 3. The fraction of sp³-hybridized carbons (Fsp3) is 0.231. The van der Waals surface area contributed by atoms with Crippen molar-refractivity contribution in [2.75, 3.05) is 14.2 Å². The third-order valence-corrected chi connectivity index (χ3v) is 2.37. The Morgan fingerprint density at radius 1 is 1.00 bits per heavy atom. The minimum Gasteiger partial charge on any atom is -0.496 e. The van der Waals surface area contributed by atoms with Crippen LogP contribution in [0.25, 0.3) is 0 Å². The molecule has 1 aromatic carbocycles. The van der Waals surface area contributed by atoms with Gasteiger partial charge in [0.1, 0.15) is 17.2 Å². The molecule has 0 unspecified atom stereocenters. The summed E-state index contributed by atoms with van der Waals surface area (Å²) in [5.74, 6) is 2.76. The summed E-state index contributed by atoms with van der Waals surface area (Å²) in [4.78, 5) is 0. The Kier molecular flexibility index (Phi) is 3.23. The maximum atomic E-state index is 5.71. The third kappa shape index (κ3) is 2.53. The quantitative estimate of drug-likeness (QED) is 0.812. The predicted octanol–water partition coefficient (Wildman–Crippen LogP) is 2.63. The molecule has 0 spiro atoms. The van der Waals surface area contributed by atoms with Crippen molar-refractivity contribution in [2.24, 2.45) is 7.05 Å². The molecular formula is C13H14NO3. The van der Waals surface area contributed by atoms with Gasteiger partial charge in [0.2, 0.25) is 0 Å². The van der Waals surface area contributed by atoms with Gasteiger partial charge in [0.05, 0.1) is 14.2 Å². The summed E-state index contributed by atoms with van der Waals surface area (Å²) < 4.78 is 17.9. The van der Waals surface area contributed by atoms with Crippen LogP contribution in [-0.4, -0.2) is 18.8 Å². The molecule has 0 amide bonds. The van der Waals surface area contributed by atoms with E-state index in [2.05, 4.69) is 6.07 Å². The van der Waals surface area contributed by atoms with E-state index in [0.29, 0.717) is 23.1 Å². The van der Waals surface area contributed by atoms with Crippen molar-refractivity contribution in [2.45, 2.75) is 0 Å². The van der Waals surface area contributed by atoms with Gasteiger partial charge in [0.15, 0.2) is 5.88 Å². The Morgan fingerprint density at radius 3 is 2.06 bits per heavy atom. The highest BCUT2D eigenvalue weighted by Gasteiger charge is 2.05. The second-order valence-corrected chi connectivity index (χ2v) is 3.54. The van der Waals surface area contributed by atoms with Crippen LogP contribution < -0.4 is 14.2 Å². The highest BCUT2D eigenvalue weighted by atomic mass is 16.5. The van der Waals surface area contributed by atoms with E-state index in [1.165, 1.54) is 0 Å². The van der Waals surface area contributed by atoms with Crippen LogP contribution >= 0.6 is 0 Å². The summed E-state index contributed by atoms with van der Waals surface area (Å²) in [7, 11) is 5.10. The molecule has 0 fully saturated rings. The van der Waals surface area contributed by atoms with E-state index >= 15 is 0 Å². The minimum atomic E-state index is 0.663. The van der Waals surface area contributed by atoms with E-state index in [0.717, 1.165) is 0 Å². The van der Waals surface area contributed by atoms with Gasteiger partial charge in [-0.2, -0.15) is 0 Å². The second-order valence-electron chi connectivity index (χ2n) is 3.54. The summed E-state index contributed by atoms with van der Waals surface area (Å²) in [6.07, 6.45) is 1.80. The monoisotopic (exact) mass is 232 g/mol. The van der Waals surface area contributed by atoms with Crippen LogP contribution in [0.1, 0.15) is 0 Å². The molecule has 17 heavy (non-hydrogen) atoms. The Balaban J connectivity index is 2.29. The topological polar surface area (TPSA) is 32.6 Å².